The summed E-state index contributed by atoms with van der Waals surface area (Å²) >= 11 is 0. The van der Waals surface area contributed by atoms with Gasteiger partial charge in [-0.3, -0.25) is 9.59 Å². The van der Waals surface area contributed by atoms with Gasteiger partial charge in [-0.25, -0.2) is 0 Å². The smallest absolute Gasteiger partial charge is 0.306 e. The van der Waals surface area contributed by atoms with E-state index >= 15 is 0 Å². The second-order valence-electron chi connectivity index (χ2n) is 13.0. The van der Waals surface area contributed by atoms with Crippen LogP contribution in [0, 0.1) is 5.92 Å². The van der Waals surface area contributed by atoms with Gasteiger partial charge in [0.1, 0.15) is 6.61 Å². The molecular formula is C39H68O8. The highest BCUT2D eigenvalue weighted by molar-refractivity contribution is 5.70. The number of rotatable bonds is 31. The van der Waals surface area contributed by atoms with Crippen molar-refractivity contribution in [1.29, 1.82) is 0 Å². The number of unbranched alkanes of at least 4 members (excludes halogenated alkanes) is 11. The predicted molar refractivity (Wildman–Crippen MR) is 191 cm³/mol. The van der Waals surface area contributed by atoms with Crippen LogP contribution in [-0.4, -0.2) is 70.0 Å². The lowest BCUT2D eigenvalue weighted by molar-refractivity contribution is -0.161. The van der Waals surface area contributed by atoms with Crippen molar-refractivity contribution in [2.24, 2.45) is 5.92 Å². The van der Waals surface area contributed by atoms with Crippen LogP contribution in [0.25, 0.3) is 0 Å². The Labute approximate surface area is 286 Å². The van der Waals surface area contributed by atoms with Crippen molar-refractivity contribution in [1.82, 2.24) is 0 Å². The number of carbonyl (C=O) groups excluding carboxylic acids is 2. The van der Waals surface area contributed by atoms with Crippen LogP contribution in [0.4, 0.5) is 0 Å². The quantitative estimate of drug-likeness (QED) is 0.0335. The molecule has 4 atom stereocenters. The van der Waals surface area contributed by atoms with Crippen LogP contribution in [0.2, 0.25) is 0 Å². The zero-order valence-electron chi connectivity index (χ0n) is 29.8. The summed E-state index contributed by atoms with van der Waals surface area (Å²) in [5, 5.41) is 39.7. The van der Waals surface area contributed by atoms with E-state index in [9.17, 15) is 30.0 Å². The van der Waals surface area contributed by atoms with Crippen LogP contribution in [0.5, 0.6) is 0 Å². The first-order chi connectivity index (χ1) is 22.7. The van der Waals surface area contributed by atoms with E-state index < -0.39 is 37.0 Å². The maximum Gasteiger partial charge on any atom is 0.306 e. The molecule has 0 saturated carbocycles. The summed E-state index contributed by atoms with van der Waals surface area (Å²) in [7, 11) is 0. The summed E-state index contributed by atoms with van der Waals surface area (Å²) in [6.07, 6.45) is 28.3. The third-order valence-corrected chi connectivity index (χ3v) is 7.92. The molecule has 0 radical (unpaired) electrons. The fraction of sp³-hybridized carbons (Fsp3) is 0.744. The van der Waals surface area contributed by atoms with Crippen LogP contribution in [-0.2, 0) is 19.1 Å². The second kappa shape index (κ2) is 32.3. The van der Waals surface area contributed by atoms with E-state index in [1.54, 1.807) is 36.5 Å². The molecular weight excluding hydrogens is 596 g/mol. The highest BCUT2D eigenvalue weighted by Gasteiger charge is 2.18. The fourth-order valence-corrected chi connectivity index (χ4v) is 4.94. The Morgan fingerprint density at radius 3 is 1.74 bits per heavy atom. The first kappa shape index (κ1) is 44.7. The normalized spacial score (nSPS) is 14.9. The van der Waals surface area contributed by atoms with Crippen LogP contribution in [0.1, 0.15) is 143 Å². The van der Waals surface area contributed by atoms with E-state index in [1.807, 2.05) is 6.08 Å². The molecule has 0 saturated heterocycles. The topological polar surface area (TPSA) is 134 Å². The van der Waals surface area contributed by atoms with Crippen molar-refractivity contribution in [3.05, 3.63) is 48.6 Å². The van der Waals surface area contributed by atoms with E-state index in [1.165, 1.54) is 57.4 Å². The average molecular weight is 665 g/mol. The summed E-state index contributed by atoms with van der Waals surface area (Å²) in [5.74, 6) is -0.120. The second-order valence-corrected chi connectivity index (χ2v) is 13.0. The number of esters is 2. The summed E-state index contributed by atoms with van der Waals surface area (Å²) < 4.78 is 10.4. The Kier molecular flexibility index (Phi) is 30.7. The van der Waals surface area contributed by atoms with Gasteiger partial charge in [0.15, 0.2) is 6.10 Å². The van der Waals surface area contributed by atoms with E-state index in [0.29, 0.717) is 6.42 Å². The van der Waals surface area contributed by atoms with Crippen molar-refractivity contribution in [3.63, 3.8) is 0 Å². The summed E-state index contributed by atoms with van der Waals surface area (Å²) in [4.78, 5) is 24.2. The van der Waals surface area contributed by atoms with Crippen LogP contribution in [0.3, 0.4) is 0 Å². The summed E-state index contributed by atoms with van der Waals surface area (Å²) in [6.45, 7) is 6.04. The van der Waals surface area contributed by atoms with Crippen LogP contribution >= 0.6 is 0 Å². The van der Waals surface area contributed by atoms with Crippen LogP contribution in [0.15, 0.2) is 48.6 Å². The molecule has 0 rings (SSSR count). The molecule has 4 N–H and O–H groups in total. The van der Waals surface area contributed by atoms with Gasteiger partial charge in [-0.05, 0) is 31.6 Å². The van der Waals surface area contributed by atoms with E-state index in [4.69, 9.17) is 9.47 Å². The van der Waals surface area contributed by atoms with Crippen molar-refractivity contribution in [2.45, 2.75) is 167 Å². The number of ether oxygens (including phenoxy) is 2. The molecule has 272 valence electrons. The zero-order valence-corrected chi connectivity index (χ0v) is 29.8. The summed E-state index contributed by atoms with van der Waals surface area (Å²) in [6, 6.07) is 0. The molecule has 0 amide bonds. The van der Waals surface area contributed by atoms with Crippen molar-refractivity contribution in [3.8, 4) is 0 Å². The maximum atomic E-state index is 12.2. The van der Waals surface area contributed by atoms with Gasteiger partial charge in [-0.1, -0.05) is 153 Å². The minimum Gasteiger partial charge on any atom is -0.462 e. The molecule has 0 aromatic rings. The molecule has 0 aromatic heterocycles. The van der Waals surface area contributed by atoms with Crippen molar-refractivity contribution < 1.29 is 39.5 Å². The Morgan fingerprint density at radius 1 is 0.617 bits per heavy atom. The SMILES string of the molecule is CCCCC[C@H](O)/C=C/C=C\C=C\C=C\[C@H](O)[C@@H](O)CCCC(=O)O[C@@H](CO)COC(=O)CCCCCCCCCCCCC(C)C. The molecule has 8 nitrogen and oxygen atoms in total. The Morgan fingerprint density at radius 2 is 1.15 bits per heavy atom. The third kappa shape index (κ3) is 30.8. The molecule has 8 heteroatoms. The van der Waals surface area contributed by atoms with Gasteiger partial charge in [0.2, 0.25) is 0 Å². The van der Waals surface area contributed by atoms with E-state index in [0.717, 1.165) is 50.9 Å². The molecule has 47 heavy (non-hydrogen) atoms. The lowest BCUT2D eigenvalue weighted by Gasteiger charge is -2.17. The molecule has 0 aromatic carbocycles. The lowest BCUT2D eigenvalue weighted by atomic mass is 10.0. The highest BCUT2D eigenvalue weighted by atomic mass is 16.6. The first-order valence-electron chi connectivity index (χ1n) is 18.4. The molecule has 0 bridgehead atoms. The van der Waals surface area contributed by atoms with Gasteiger partial charge in [0.25, 0.3) is 0 Å². The third-order valence-electron chi connectivity index (χ3n) is 7.92. The molecule has 0 aliphatic heterocycles. The average Bonchev–Trinajstić information content (AvgIpc) is 3.04. The van der Waals surface area contributed by atoms with Gasteiger partial charge in [-0.2, -0.15) is 0 Å². The van der Waals surface area contributed by atoms with E-state index in [-0.39, 0.29) is 31.8 Å². The first-order valence-corrected chi connectivity index (χ1v) is 18.4. The number of hydrogen-bond donors (Lipinski definition) is 4. The fourth-order valence-electron chi connectivity index (χ4n) is 4.94. The minimum atomic E-state index is -1.09. The maximum absolute atomic E-state index is 12.2. The Hall–Kier alpha value is -2.26. The van der Waals surface area contributed by atoms with Gasteiger partial charge in [0, 0.05) is 12.8 Å². The Bertz CT molecular complexity index is 863. The number of allylic oxidation sites excluding steroid dienone is 6. The highest BCUT2D eigenvalue weighted by Crippen LogP contribution is 2.14. The van der Waals surface area contributed by atoms with E-state index in [2.05, 4.69) is 20.8 Å². The number of hydrogen-bond acceptors (Lipinski definition) is 8. The Balaban J connectivity index is 3.97. The van der Waals surface area contributed by atoms with Gasteiger partial charge < -0.3 is 29.9 Å². The largest absolute Gasteiger partial charge is 0.462 e. The zero-order chi connectivity index (χ0) is 35.0. The molecule has 0 fully saturated rings. The van der Waals surface area contributed by atoms with Crippen molar-refractivity contribution in [2.75, 3.05) is 13.2 Å². The minimum absolute atomic E-state index is 0.00158. The summed E-state index contributed by atoms with van der Waals surface area (Å²) in [5.41, 5.74) is 0. The molecule has 0 aliphatic rings. The molecule has 0 aliphatic carbocycles. The standard InChI is InChI=1S/C39H68O8/c1-4-5-18-25-34(41)26-20-15-12-13-16-21-27-36(42)37(43)28-23-30-39(45)47-35(31-40)32-46-38(44)29-22-17-11-9-7-6-8-10-14-19-24-33(2)3/h12-13,15-16,20-21,26-27,33-37,40-43H,4-11,14,17-19,22-25,28-32H2,1-3H3/b15-12-,16-13+,26-20+,27-21+/t34-,35-,36-,37-/m0/s1. The predicted octanol–water partition coefficient (Wildman–Crippen LogP) is 7.83. The number of carbonyl (C=O) groups is 2. The number of aliphatic hydroxyl groups is 4. The van der Waals surface area contributed by atoms with Gasteiger partial charge in [-0.15, -0.1) is 0 Å². The molecule has 0 unspecified atom stereocenters. The van der Waals surface area contributed by atoms with Gasteiger partial charge in [0.05, 0.1) is 24.9 Å². The lowest BCUT2D eigenvalue weighted by Crippen LogP contribution is -2.29. The monoisotopic (exact) mass is 664 g/mol. The van der Waals surface area contributed by atoms with Gasteiger partial charge >= 0.3 is 11.9 Å². The van der Waals surface area contributed by atoms with Crippen LogP contribution < -0.4 is 0 Å². The molecule has 0 spiro atoms. The number of aliphatic hydroxyl groups excluding tert-OH is 4. The molecule has 0 heterocycles. The van der Waals surface area contributed by atoms with Crippen molar-refractivity contribution >= 4 is 11.9 Å².